The van der Waals surface area contributed by atoms with Gasteiger partial charge in [-0.05, 0) is 42.8 Å². The minimum absolute atomic E-state index is 0.149. The van der Waals surface area contributed by atoms with Gasteiger partial charge in [-0.1, -0.05) is 17.7 Å². The molecule has 0 spiro atoms. The van der Waals surface area contributed by atoms with Crippen molar-refractivity contribution in [3.63, 3.8) is 0 Å². The van der Waals surface area contributed by atoms with E-state index in [0.29, 0.717) is 5.02 Å². The van der Waals surface area contributed by atoms with Gasteiger partial charge >= 0.3 is 5.97 Å². The first-order valence-corrected chi connectivity index (χ1v) is 7.88. The average molecular weight is 344 g/mol. The second-order valence-electron chi connectivity index (χ2n) is 4.52. The van der Waals surface area contributed by atoms with Crippen LogP contribution in [-0.4, -0.2) is 19.5 Å². The van der Waals surface area contributed by atoms with Crippen LogP contribution in [0.15, 0.2) is 41.3 Å². The van der Waals surface area contributed by atoms with E-state index in [0.717, 1.165) is 23.8 Å². The Morgan fingerprint density at radius 2 is 1.91 bits per heavy atom. The molecule has 0 unspecified atom stereocenters. The lowest BCUT2D eigenvalue weighted by atomic mass is 10.2. The molecule has 0 radical (unpaired) electrons. The minimum Gasteiger partial charge on any atom is -0.478 e. The molecule has 0 aliphatic heterocycles. The monoisotopic (exact) mass is 343 g/mol. The van der Waals surface area contributed by atoms with Crippen LogP contribution in [0.2, 0.25) is 5.02 Å². The van der Waals surface area contributed by atoms with Gasteiger partial charge in [0.15, 0.2) is 0 Å². The fraction of sp³-hybridized carbons (Fsp3) is 0.0714. The molecule has 0 fully saturated rings. The van der Waals surface area contributed by atoms with Gasteiger partial charge in [0.1, 0.15) is 10.7 Å². The van der Waals surface area contributed by atoms with E-state index in [4.69, 9.17) is 16.7 Å². The number of carbonyl (C=O) groups is 1. The van der Waals surface area contributed by atoms with Crippen molar-refractivity contribution in [3.8, 4) is 0 Å². The molecule has 0 aliphatic carbocycles. The van der Waals surface area contributed by atoms with E-state index >= 15 is 0 Å². The summed E-state index contributed by atoms with van der Waals surface area (Å²) in [6.45, 7) is 1.75. The molecule has 0 amide bonds. The zero-order chi connectivity index (χ0) is 16.5. The molecule has 0 saturated carbocycles. The number of halogens is 2. The van der Waals surface area contributed by atoms with Crippen LogP contribution < -0.4 is 4.72 Å². The van der Waals surface area contributed by atoms with Crippen molar-refractivity contribution in [2.45, 2.75) is 11.8 Å². The maximum atomic E-state index is 13.7. The van der Waals surface area contributed by atoms with Gasteiger partial charge in [-0.25, -0.2) is 17.6 Å². The lowest BCUT2D eigenvalue weighted by Crippen LogP contribution is -2.15. The van der Waals surface area contributed by atoms with Crippen molar-refractivity contribution in [2.75, 3.05) is 4.72 Å². The van der Waals surface area contributed by atoms with E-state index in [2.05, 4.69) is 4.72 Å². The minimum atomic E-state index is -4.28. The molecule has 0 atom stereocenters. The maximum absolute atomic E-state index is 13.7. The molecule has 0 bridgehead atoms. The standard InChI is InChI=1S/C14H11ClFNO4S/c1-8-2-4-10(7-11(8)15)17-22(20,21)13-6-9(14(18)19)3-5-12(13)16/h2-7,17H,1H3,(H,18,19). The Labute approximate surface area is 131 Å². The molecule has 0 aromatic heterocycles. The molecule has 2 rings (SSSR count). The van der Waals surface area contributed by atoms with Crippen molar-refractivity contribution in [1.29, 1.82) is 0 Å². The zero-order valence-electron chi connectivity index (χ0n) is 11.3. The number of carboxylic acids is 1. The number of hydrogen-bond donors (Lipinski definition) is 2. The number of sulfonamides is 1. The van der Waals surface area contributed by atoms with E-state index in [1.54, 1.807) is 13.0 Å². The summed E-state index contributed by atoms with van der Waals surface area (Å²) in [5.74, 6) is -2.40. The first-order chi connectivity index (χ1) is 10.2. The molecule has 2 N–H and O–H groups in total. The van der Waals surface area contributed by atoms with Gasteiger partial charge in [-0.2, -0.15) is 0 Å². The van der Waals surface area contributed by atoms with E-state index in [1.165, 1.54) is 12.1 Å². The Morgan fingerprint density at radius 1 is 1.23 bits per heavy atom. The normalized spacial score (nSPS) is 11.2. The van der Waals surface area contributed by atoms with Crippen LogP contribution in [0.4, 0.5) is 10.1 Å². The fourth-order valence-corrected chi connectivity index (χ4v) is 3.04. The molecule has 5 nitrogen and oxygen atoms in total. The summed E-state index contributed by atoms with van der Waals surface area (Å²) in [5.41, 5.74) is 0.572. The van der Waals surface area contributed by atoms with Gasteiger partial charge in [0, 0.05) is 5.02 Å². The van der Waals surface area contributed by atoms with E-state index < -0.39 is 26.7 Å². The largest absolute Gasteiger partial charge is 0.478 e. The quantitative estimate of drug-likeness (QED) is 0.892. The molecular formula is C14H11ClFNO4S. The van der Waals surface area contributed by atoms with Crippen LogP contribution in [0.1, 0.15) is 15.9 Å². The summed E-state index contributed by atoms with van der Waals surface area (Å²) in [4.78, 5) is 10.1. The summed E-state index contributed by atoms with van der Waals surface area (Å²) < 4.78 is 40.3. The molecule has 22 heavy (non-hydrogen) atoms. The molecule has 0 heterocycles. The summed E-state index contributed by atoms with van der Waals surface area (Å²) in [6, 6.07) is 6.99. The Bertz CT molecular complexity index is 852. The highest BCUT2D eigenvalue weighted by Crippen LogP contribution is 2.24. The second kappa shape index (κ2) is 5.94. The maximum Gasteiger partial charge on any atom is 0.335 e. The first-order valence-electron chi connectivity index (χ1n) is 6.02. The number of carboxylic acid groups (broad SMARTS) is 1. The highest BCUT2D eigenvalue weighted by atomic mass is 35.5. The highest BCUT2D eigenvalue weighted by Gasteiger charge is 2.21. The Kier molecular flexibility index (Phi) is 4.39. The summed E-state index contributed by atoms with van der Waals surface area (Å²) in [7, 11) is -4.28. The van der Waals surface area contributed by atoms with Crippen LogP contribution >= 0.6 is 11.6 Å². The third kappa shape index (κ3) is 3.37. The molecule has 2 aromatic carbocycles. The number of aryl methyl sites for hydroxylation is 1. The molecule has 0 aliphatic rings. The van der Waals surface area contributed by atoms with Gasteiger partial charge in [0.25, 0.3) is 10.0 Å². The van der Waals surface area contributed by atoms with Crippen molar-refractivity contribution in [2.24, 2.45) is 0 Å². The van der Waals surface area contributed by atoms with Gasteiger partial charge in [0.05, 0.1) is 11.3 Å². The lowest BCUT2D eigenvalue weighted by molar-refractivity contribution is 0.0696. The van der Waals surface area contributed by atoms with Crippen molar-refractivity contribution >= 4 is 33.3 Å². The van der Waals surface area contributed by atoms with Crippen LogP contribution in [0.25, 0.3) is 0 Å². The fourth-order valence-electron chi connectivity index (χ4n) is 1.71. The summed E-state index contributed by atoms with van der Waals surface area (Å²) in [6.07, 6.45) is 0. The molecule has 0 saturated heterocycles. The lowest BCUT2D eigenvalue weighted by Gasteiger charge is -2.10. The summed E-state index contributed by atoms with van der Waals surface area (Å²) >= 11 is 5.90. The Balaban J connectivity index is 2.44. The van der Waals surface area contributed by atoms with Gasteiger partial charge in [0.2, 0.25) is 0 Å². The topological polar surface area (TPSA) is 83.5 Å². The smallest absolute Gasteiger partial charge is 0.335 e. The van der Waals surface area contributed by atoms with E-state index in [1.807, 2.05) is 0 Å². The van der Waals surface area contributed by atoms with Crippen molar-refractivity contribution < 1.29 is 22.7 Å². The zero-order valence-corrected chi connectivity index (χ0v) is 12.9. The third-order valence-electron chi connectivity index (χ3n) is 2.89. The van der Waals surface area contributed by atoms with Crippen molar-refractivity contribution in [1.82, 2.24) is 0 Å². The predicted molar refractivity (Wildman–Crippen MR) is 80.4 cm³/mol. The molecule has 116 valence electrons. The number of benzene rings is 2. The third-order valence-corrected chi connectivity index (χ3v) is 4.70. The number of rotatable bonds is 4. The Hall–Kier alpha value is -2.12. The van der Waals surface area contributed by atoms with Crippen LogP contribution in [0.3, 0.4) is 0 Å². The number of anilines is 1. The molecule has 2 aromatic rings. The van der Waals surface area contributed by atoms with Crippen LogP contribution in [0, 0.1) is 12.7 Å². The number of nitrogens with one attached hydrogen (secondary N) is 1. The second-order valence-corrected chi connectivity index (χ2v) is 6.58. The Morgan fingerprint density at radius 3 is 2.50 bits per heavy atom. The van der Waals surface area contributed by atoms with E-state index in [-0.39, 0.29) is 11.3 Å². The van der Waals surface area contributed by atoms with Crippen LogP contribution in [-0.2, 0) is 10.0 Å². The first kappa shape index (κ1) is 16.3. The highest BCUT2D eigenvalue weighted by molar-refractivity contribution is 7.92. The SMILES string of the molecule is Cc1ccc(NS(=O)(=O)c2cc(C(=O)O)ccc2F)cc1Cl. The number of hydrogen-bond acceptors (Lipinski definition) is 3. The number of aromatic carboxylic acids is 1. The molecule has 8 heteroatoms. The van der Waals surface area contributed by atoms with Gasteiger partial charge in [-0.3, -0.25) is 4.72 Å². The summed E-state index contributed by atoms with van der Waals surface area (Å²) in [5, 5.41) is 9.21. The van der Waals surface area contributed by atoms with Crippen LogP contribution in [0.5, 0.6) is 0 Å². The predicted octanol–water partition coefficient (Wildman–Crippen LogP) is 3.29. The van der Waals surface area contributed by atoms with Crippen molar-refractivity contribution in [3.05, 3.63) is 58.4 Å². The molecular weight excluding hydrogens is 333 g/mol. The average Bonchev–Trinajstić information content (AvgIpc) is 2.42. The van der Waals surface area contributed by atoms with Gasteiger partial charge in [-0.15, -0.1) is 0 Å². The van der Waals surface area contributed by atoms with Gasteiger partial charge < -0.3 is 5.11 Å². The van der Waals surface area contributed by atoms with E-state index in [9.17, 15) is 17.6 Å².